The number of amides is 2. The molecule has 1 aromatic heterocycles. The van der Waals surface area contributed by atoms with E-state index in [0.29, 0.717) is 30.9 Å². The maximum absolute atomic E-state index is 13.5. The first-order valence-electron chi connectivity index (χ1n) is 8.91. The number of ether oxygens (including phenoxy) is 2. The van der Waals surface area contributed by atoms with E-state index in [2.05, 4.69) is 4.98 Å². The molecule has 2 aliphatic rings. The van der Waals surface area contributed by atoms with Gasteiger partial charge in [0.25, 0.3) is 0 Å². The second kappa shape index (κ2) is 7.36. The Hall–Kier alpha value is -2.93. The van der Waals surface area contributed by atoms with Crippen molar-refractivity contribution in [2.24, 2.45) is 0 Å². The van der Waals surface area contributed by atoms with Crippen molar-refractivity contribution < 1.29 is 19.1 Å². The van der Waals surface area contributed by atoms with Crippen molar-refractivity contribution in [2.45, 2.75) is 25.1 Å². The fourth-order valence-electron chi connectivity index (χ4n) is 3.69. The molecule has 3 heterocycles. The number of pyridine rings is 1. The van der Waals surface area contributed by atoms with Crippen LogP contribution in [0.2, 0.25) is 0 Å². The summed E-state index contributed by atoms with van der Waals surface area (Å²) in [5.41, 5.74) is 1.62. The molecule has 2 amide bonds. The summed E-state index contributed by atoms with van der Waals surface area (Å²) in [6.07, 6.45) is 3.71. The number of likely N-dealkylation sites (tertiary alicyclic amines) is 1. The third-order valence-corrected chi connectivity index (χ3v) is 4.92. The van der Waals surface area contributed by atoms with Gasteiger partial charge >= 0.3 is 0 Å². The van der Waals surface area contributed by atoms with Crippen molar-refractivity contribution in [2.75, 3.05) is 25.2 Å². The third-order valence-electron chi connectivity index (χ3n) is 4.92. The molecule has 0 spiro atoms. The molecule has 140 valence electrons. The molecule has 0 N–H and O–H groups in total. The van der Waals surface area contributed by atoms with E-state index in [1.807, 2.05) is 36.4 Å². The lowest BCUT2D eigenvalue weighted by atomic mass is 10.1. The SMILES string of the molecule is COCC(=O)N1CC2CC1C(=O)N(Cc1cccnc1)c1ccccc1O2. The van der Waals surface area contributed by atoms with E-state index in [0.717, 1.165) is 5.56 Å². The molecule has 1 aromatic carbocycles. The van der Waals surface area contributed by atoms with E-state index in [1.165, 1.54) is 7.11 Å². The molecule has 0 radical (unpaired) electrons. The van der Waals surface area contributed by atoms with Crippen LogP contribution in [0.1, 0.15) is 12.0 Å². The second-order valence-corrected chi connectivity index (χ2v) is 6.72. The van der Waals surface area contributed by atoms with E-state index in [1.54, 1.807) is 22.2 Å². The van der Waals surface area contributed by atoms with E-state index in [4.69, 9.17) is 9.47 Å². The predicted molar refractivity (Wildman–Crippen MR) is 98.3 cm³/mol. The Labute approximate surface area is 157 Å². The number of aromatic nitrogens is 1. The highest BCUT2D eigenvalue weighted by molar-refractivity contribution is 6.01. The monoisotopic (exact) mass is 367 g/mol. The van der Waals surface area contributed by atoms with Gasteiger partial charge < -0.3 is 19.3 Å². The molecule has 2 unspecified atom stereocenters. The Morgan fingerprint density at radius 2 is 2.15 bits per heavy atom. The number of methoxy groups -OCH3 is 1. The lowest BCUT2D eigenvalue weighted by Gasteiger charge is -2.31. The summed E-state index contributed by atoms with van der Waals surface area (Å²) >= 11 is 0. The van der Waals surface area contributed by atoms with Crippen LogP contribution in [0.15, 0.2) is 48.8 Å². The minimum atomic E-state index is -0.553. The van der Waals surface area contributed by atoms with E-state index in [9.17, 15) is 9.59 Å². The highest BCUT2D eigenvalue weighted by atomic mass is 16.5. The lowest BCUT2D eigenvalue weighted by molar-refractivity contribution is -0.140. The number of anilines is 1. The minimum absolute atomic E-state index is 0.0495. The molecule has 1 fully saturated rings. The molecule has 7 nitrogen and oxygen atoms in total. The fourth-order valence-corrected chi connectivity index (χ4v) is 3.69. The van der Waals surface area contributed by atoms with Crippen LogP contribution in [0.25, 0.3) is 0 Å². The van der Waals surface area contributed by atoms with Gasteiger partial charge in [-0.05, 0) is 23.8 Å². The predicted octanol–water partition coefficient (Wildman–Crippen LogP) is 1.62. The molecule has 0 saturated carbocycles. The molecular formula is C20H21N3O4. The molecule has 4 rings (SSSR count). The van der Waals surface area contributed by atoms with Crippen molar-refractivity contribution in [3.63, 3.8) is 0 Å². The molecule has 2 aliphatic heterocycles. The molecule has 7 heteroatoms. The topological polar surface area (TPSA) is 72.0 Å². The first-order valence-corrected chi connectivity index (χ1v) is 8.91. The standard InChI is InChI=1S/C20H21N3O4/c1-26-13-19(24)22-12-15-9-17(22)20(25)23(11-14-5-4-8-21-10-14)16-6-2-3-7-18(16)27-15/h2-8,10,15,17H,9,11-13H2,1H3. The molecule has 0 aliphatic carbocycles. The number of hydrogen-bond donors (Lipinski definition) is 0. The van der Waals surface area contributed by atoms with Gasteiger partial charge in [0.2, 0.25) is 11.8 Å². The van der Waals surface area contributed by atoms with E-state index >= 15 is 0 Å². The van der Waals surface area contributed by atoms with E-state index in [-0.39, 0.29) is 24.5 Å². The van der Waals surface area contributed by atoms with Crippen LogP contribution in [0.3, 0.4) is 0 Å². The van der Waals surface area contributed by atoms with Gasteiger partial charge in [0.15, 0.2) is 0 Å². The zero-order valence-electron chi connectivity index (χ0n) is 15.1. The van der Waals surface area contributed by atoms with Gasteiger partial charge in [0, 0.05) is 25.9 Å². The van der Waals surface area contributed by atoms with Crippen molar-refractivity contribution in [1.82, 2.24) is 9.88 Å². The van der Waals surface area contributed by atoms with Crippen LogP contribution in [0.5, 0.6) is 5.75 Å². The van der Waals surface area contributed by atoms with Gasteiger partial charge in [-0.25, -0.2) is 0 Å². The van der Waals surface area contributed by atoms with Crippen molar-refractivity contribution in [1.29, 1.82) is 0 Å². The maximum Gasteiger partial charge on any atom is 0.250 e. The van der Waals surface area contributed by atoms with Crippen LogP contribution < -0.4 is 9.64 Å². The summed E-state index contributed by atoms with van der Waals surface area (Å²) in [6.45, 7) is 0.695. The van der Waals surface area contributed by atoms with Crippen molar-refractivity contribution in [3.05, 3.63) is 54.4 Å². The van der Waals surface area contributed by atoms with Gasteiger partial charge in [-0.15, -0.1) is 0 Å². The van der Waals surface area contributed by atoms with Crippen LogP contribution in [0, 0.1) is 0 Å². The summed E-state index contributed by atoms with van der Waals surface area (Å²) in [4.78, 5) is 33.3. The first kappa shape index (κ1) is 17.5. The minimum Gasteiger partial charge on any atom is -0.486 e. The zero-order chi connectivity index (χ0) is 18.8. The average Bonchev–Trinajstić information content (AvgIpc) is 3.12. The highest BCUT2D eigenvalue weighted by Gasteiger charge is 2.44. The van der Waals surface area contributed by atoms with Gasteiger partial charge in [-0.1, -0.05) is 18.2 Å². The number of hydrogen-bond acceptors (Lipinski definition) is 5. The zero-order valence-corrected chi connectivity index (χ0v) is 15.1. The van der Waals surface area contributed by atoms with Gasteiger partial charge in [-0.2, -0.15) is 0 Å². The highest BCUT2D eigenvalue weighted by Crippen LogP contribution is 2.36. The lowest BCUT2D eigenvalue weighted by Crippen LogP contribution is -2.48. The largest absolute Gasteiger partial charge is 0.486 e. The quantitative estimate of drug-likeness (QED) is 0.821. The van der Waals surface area contributed by atoms with Crippen LogP contribution in [-0.2, 0) is 20.9 Å². The fraction of sp³-hybridized carbons (Fsp3) is 0.350. The van der Waals surface area contributed by atoms with E-state index < -0.39 is 6.04 Å². The smallest absolute Gasteiger partial charge is 0.250 e. The summed E-state index contributed by atoms with van der Waals surface area (Å²) in [7, 11) is 1.47. The number of fused-ring (bicyclic) bond motifs is 3. The van der Waals surface area contributed by atoms with Gasteiger partial charge in [0.1, 0.15) is 24.5 Å². The summed E-state index contributed by atoms with van der Waals surface area (Å²) in [5.74, 6) is 0.343. The number of carbonyl (C=O) groups is 2. The van der Waals surface area contributed by atoms with Crippen molar-refractivity contribution >= 4 is 17.5 Å². The summed E-state index contributed by atoms with van der Waals surface area (Å²) < 4.78 is 11.1. The third kappa shape index (κ3) is 3.38. The normalized spacial score (nSPS) is 21.3. The Balaban J connectivity index is 1.72. The number of benzene rings is 1. The van der Waals surface area contributed by atoms with Crippen molar-refractivity contribution in [3.8, 4) is 5.75 Å². The molecule has 2 bridgehead atoms. The molecule has 2 atom stereocenters. The molecular weight excluding hydrogens is 346 g/mol. The average molecular weight is 367 g/mol. The Bertz CT molecular complexity index is 842. The maximum atomic E-state index is 13.5. The number of carbonyl (C=O) groups excluding carboxylic acids is 2. The molecule has 27 heavy (non-hydrogen) atoms. The Morgan fingerprint density at radius 1 is 1.30 bits per heavy atom. The van der Waals surface area contributed by atoms with Crippen LogP contribution in [-0.4, -0.2) is 54.1 Å². The van der Waals surface area contributed by atoms with Crippen LogP contribution in [0.4, 0.5) is 5.69 Å². The Morgan fingerprint density at radius 3 is 2.93 bits per heavy atom. The molecule has 2 aromatic rings. The molecule has 1 saturated heterocycles. The summed E-state index contributed by atoms with van der Waals surface area (Å²) in [6, 6.07) is 10.7. The summed E-state index contributed by atoms with van der Waals surface area (Å²) in [5, 5.41) is 0. The van der Waals surface area contributed by atoms with Crippen LogP contribution >= 0.6 is 0 Å². The second-order valence-electron chi connectivity index (χ2n) is 6.72. The van der Waals surface area contributed by atoms with Gasteiger partial charge in [-0.3, -0.25) is 14.6 Å². The number of nitrogens with zero attached hydrogens (tertiary/aromatic N) is 3. The Kier molecular flexibility index (Phi) is 4.77. The number of para-hydroxylation sites is 2. The van der Waals surface area contributed by atoms with Gasteiger partial charge in [0.05, 0.1) is 18.8 Å². The first-order chi connectivity index (χ1) is 13.2. The number of rotatable bonds is 4.